The molecule has 0 saturated carbocycles. The quantitative estimate of drug-likeness (QED) is 0.764. The van der Waals surface area contributed by atoms with Crippen molar-refractivity contribution >= 4 is 21.4 Å². The number of hydrogen-bond donors (Lipinski definition) is 2. The second kappa shape index (κ2) is 8.17. The molecule has 0 aliphatic rings. The first-order valence-electron chi connectivity index (χ1n) is 7.85. The summed E-state index contributed by atoms with van der Waals surface area (Å²) in [5.74, 6) is -0.0912. The van der Waals surface area contributed by atoms with Gasteiger partial charge in [0, 0.05) is 13.2 Å². The Morgan fingerprint density at radius 1 is 0.958 bits per heavy atom. The summed E-state index contributed by atoms with van der Waals surface area (Å²) >= 11 is 0. The molecular formula is C18H24N2O3S. The van der Waals surface area contributed by atoms with Crippen molar-refractivity contribution in [3.8, 4) is 0 Å². The molecule has 2 rings (SSSR count). The number of anilines is 2. The predicted octanol–water partition coefficient (Wildman–Crippen LogP) is 3.64. The van der Waals surface area contributed by atoms with E-state index in [0.717, 1.165) is 11.3 Å². The Morgan fingerprint density at radius 2 is 1.54 bits per heavy atom. The predicted molar refractivity (Wildman–Crippen MR) is 98.8 cm³/mol. The monoisotopic (exact) mass is 348 g/mol. The molecule has 0 aliphatic carbocycles. The summed E-state index contributed by atoms with van der Waals surface area (Å²) < 4.78 is 32.2. The lowest BCUT2D eigenvalue weighted by Gasteiger charge is -2.20. The van der Waals surface area contributed by atoms with Crippen molar-refractivity contribution in [1.82, 2.24) is 0 Å². The Hall–Kier alpha value is -2.05. The molecule has 2 N–H and O–H groups in total. The minimum absolute atomic E-state index is 0.0507. The van der Waals surface area contributed by atoms with E-state index in [-0.39, 0.29) is 17.9 Å². The third kappa shape index (κ3) is 5.25. The van der Waals surface area contributed by atoms with Gasteiger partial charge < -0.3 is 10.1 Å². The van der Waals surface area contributed by atoms with Crippen LogP contribution in [0.2, 0.25) is 0 Å². The third-order valence-corrected chi connectivity index (χ3v) is 5.16. The molecule has 0 unspecified atom stereocenters. The van der Waals surface area contributed by atoms with Gasteiger partial charge in [0.1, 0.15) is 0 Å². The highest BCUT2D eigenvalue weighted by Crippen LogP contribution is 2.27. The highest BCUT2D eigenvalue weighted by molar-refractivity contribution is 7.92. The van der Waals surface area contributed by atoms with Crippen LogP contribution in [0.5, 0.6) is 0 Å². The van der Waals surface area contributed by atoms with Crippen LogP contribution in [0.3, 0.4) is 0 Å². The van der Waals surface area contributed by atoms with E-state index in [0.29, 0.717) is 5.69 Å². The van der Waals surface area contributed by atoms with Gasteiger partial charge in [-0.3, -0.25) is 4.72 Å². The Labute approximate surface area is 144 Å². The topological polar surface area (TPSA) is 67.4 Å². The zero-order valence-corrected chi connectivity index (χ0v) is 15.0. The van der Waals surface area contributed by atoms with Crippen molar-refractivity contribution in [3.63, 3.8) is 0 Å². The first-order chi connectivity index (χ1) is 11.4. The van der Waals surface area contributed by atoms with E-state index in [2.05, 4.69) is 10.0 Å². The molecule has 2 aromatic carbocycles. The van der Waals surface area contributed by atoms with Crippen molar-refractivity contribution < 1.29 is 13.2 Å². The Morgan fingerprint density at radius 3 is 2.17 bits per heavy atom. The van der Waals surface area contributed by atoms with Gasteiger partial charge in [0.05, 0.1) is 23.2 Å². The first kappa shape index (κ1) is 18.3. The van der Waals surface area contributed by atoms with E-state index in [9.17, 15) is 8.42 Å². The molecule has 0 radical (unpaired) electrons. The molecule has 6 heteroatoms. The maximum atomic E-state index is 12.3. The van der Waals surface area contributed by atoms with Crippen molar-refractivity contribution in [1.29, 1.82) is 0 Å². The molecule has 2 atom stereocenters. The number of methoxy groups -OCH3 is 1. The minimum Gasteiger partial charge on any atom is -0.381 e. The van der Waals surface area contributed by atoms with Crippen LogP contribution in [0.25, 0.3) is 0 Å². The maximum absolute atomic E-state index is 12.3. The number of sulfonamides is 1. The Kier molecular flexibility index (Phi) is 6.23. The van der Waals surface area contributed by atoms with E-state index in [1.54, 1.807) is 19.1 Å². The van der Waals surface area contributed by atoms with Crippen LogP contribution in [-0.4, -0.2) is 27.4 Å². The van der Waals surface area contributed by atoms with Gasteiger partial charge in [-0.15, -0.1) is 0 Å². The van der Waals surface area contributed by atoms with Gasteiger partial charge in [0.25, 0.3) is 0 Å². The van der Waals surface area contributed by atoms with Crippen LogP contribution in [-0.2, 0) is 14.8 Å². The maximum Gasteiger partial charge on any atom is 0.235 e. The summed E-state index contributed by atoms with van der Waals surface area (Å²) in [7, 11) is -1.99. The number of para-hydroxylation sites is 2. The molecule has 5 nitrogen and oxygen atoms in total. The molecule has 0 bridgehead atoms. The molecule has 0 spiro atoms. The molecule has 24 heavy (non-hydrogen) atoms. The van der Waals surface area contributed by atoms with Gasteiger partial charge in [0.2, 0.25) is 10.0 Å². The molecule has 0 aromatic heterocycles. The molecule has 130 valence electrons. The zero-order chi connectivity index (χ0) is 17.6. The summed E-state index contributed by atoms with van der Waals surface area (Å²) in [6.45, 7) is 3.76. The summed E-state index contributed by atoms with van der Waals surface area (Å²) in [6, 6.07) is 17.3. The minimum atomic E-state index is -3.48. The molecule has 2 aromatic rings. The summed E-state index contributed by atoms with van der Waals surface area (Å²) in [6.07, 6.45) is -0.370. The van der Waals surface area contributed by atoms with Crippen molar-refractivity contribution in [2.75, 3.05) is 22.9 Å². The molecule has 0 saturated heterocycles. The van der Waals surface area contributed by atoms with Gasteiger partial charge >= 0.3 is 0 Å². The van der Waals surface area contributed by atoms with Crippen molar-refractivity contribution in [3.05, 3.63) is 60.2 Å². The van der Waals surface area contributed by atoms with E-state index in [1.165, 1.54) is 7.11 Å². The van der Waals surface area contributed by atoms with Crippen LogP contribution in [0.1, 0.15) is 25.5 Å². The lowest BCUT2D eigenvalue weighted by atomic mass is 10.1. The average Bonchev–Trinajstić information content (AvgIpc) is 2.56. The lowest BCUT2D eigenvalue weighted by Crippen LogP contribution is -2.26. The first-order valence-corrected chi connectivity index (χ1v) is 9.50. The van der Waals surface area contributed by atoms with Crippen molar-refractivity contribution in [2.45, 2.75) is 26.0 Å². The van der Waals surface area contributed by atoms with Crippen LogP contribution in [0, 0.1) is 0 Å². The van der Waals surface area contributed by atoms with E-state index in [4.69, 9.17) is 4.74 Å². The summed E-state index contributed by atoms with van der Waals surface area (Å²) in [5.41, 5.74) is 2.40. The second-order valence-corrected chi connectivity index (χ2v) is 7.52. The van der Waals surface area contributed by atoms with Crippen LogP contribution >= 0.6 is 0 Å². The fraction of sp³-hybridized carbons (Fsp3) is 0.333. The SMILES string of the molecule is CO[C@@H](C)CS(=O)(=O)Nc1ccccc1N[C@H](C)c1ccccc1. The molecular weight excluding hydrogens is 324 g/mol. The van der Waals surface area contributed by atoms with Gasteiger partial charge in [-0.25, -0.2) is 8.42 Å². The smallest absolute Gasteiger partial charge is 0.235 e. The summed E-state index contributed by atoms with van der Waals surface area (Å²) in [5, 5.41) is 3.36. The summed E-state index contributed by atoms with van der Waals surface area (Å²) in [4.78, 5) is 0. The number of rotatable bonds is 8. The number of nitrogens with one attached hydrogen (secondary N) is 2. The van der Waals surface area contributed by atoms with Gasteiger partial charge in [-0.1, -0.05) is 42.5 Å². The third-order valence-electron chi connectivity index (χ3n) is 3.72. The van der Waals surface area contributed by atoms with Gasteiger partial charge in [-0.2, -0.15) is 0 Å². The van der Waals surface area contributed by atoms with Crippen LogP contribution in [0.15, 0.2) is 54.6 Å². The Balaban J connectivity index is 2.16. The standard InChI is InChI=1S/C18H24N2O3S/c1-14(23-3)13-24(21,22)20-18-12-8-7-11-17(18)19-15(2)16-9-5-4-6-10-16/h4-12,14-15,19-20H,13H2,1-3H3/t14-,15+/m0/s1. The zero-order valence-electron chi connectivity index (χ0n) is 14.2. The fourth-order valence-electron chi connectivity index (χ4n) is 2.34. The highest BCUT2D eigenvalue weighted by Gasteiger charge is 2.17. The van der Waals surface area contributed by atoms with Crippen LogP contribution in [0.4, 0.5) is 11.4 Å². The average molecular weight is 348 g/mol. The van der Waals surface area contributed by atoms with E-state index >= 15 is 0 Å². The lowest BCUT2D eigenvalue weighted by molar-refractivity contribution is 0.136. The fourth-order valence-corrected chi connectivity index (χ4v) is 3.69. The highest BCUT2D eigenvalue weighted by atomic mass is 32.2. The number of benzene rings is 2. The van der Waals surface area contributed by atoms with Crippen molar-refractivity contribution in [2.24, 2.45) is 0 Å². The second-order valence-electron chi connectivity index (χ2n) is 5.75. The largest absolute Gasteiger partial charge is 0.381 e. The molecule has 0 amide bonds. The van der Waals surface area contributed by atoms with Gasteiger partial charge in [-0.05, 0) is 31.5 Å². The molecule has 0 fully saturated rings. The number of ether oxygens (including phenoxy) is 1. The normalized spacial score (nSPS) is 14.0. The van der Waals surface area contributed by atoms with Gasteiger partial charge in [0.15, 0.2) is 0 Å². The Bertz CT molecular complexity index is 748. The van der Waals surface area contributed by atoms with E-state index in [1.807, 2.05) is 49.4 Å². The molecule has 0 aliphatic heterocycles. The van der Waals surface area contributed by atoms with Crippen LogP contribution < -0.4 is 10.0 Å². The number of hydrogen-bond acceptors (Lipinski definition) is 4. The van der Waals surface area contributed by atoms with E-state index < -0.39 is 10.0 Å². The molecule has 0 heterocycles.